The van der Waals surface area contributed by atoms with Crippen LogP contribution in [-0.2, 0) is 6.18 Å². The second-order valence-corrected chi connectivity index (χ2v) is 5.34. The summed E-state index contributed by atoms with van der Waals surface area (Å²) in [6, 6.07) is 5.75. The lowest BCUT2D eigenvalue weighted by Crippen LogP contribution is -2.34. The molecular weight excluding hydrogens is 347 g/mol. The maximum Gasteiger partial charge on any atom is 0.434 e. The van der Waals surface area contributed by atoms with Gasteiger partial charge in [0.25, 0.3) is 5.91 Å². The summed E-state index contributed by atoms with van der Waals surface area (Å²) in [5.74, 6) is -0.841. The smallest absolute Gasteiger partial charge is 0.395 e. The van der Waals surface area contributed by atoms with Crippen molar-refractivity contribution in [3.05, 3.63) is 46.7 Å². The normalized spacial score (nSPS) is 11.6. The van der Waals surface area contributed by atoms with Crippen molar-refractivity contribution in [1.29, 1.82) is 0 Å². The van der Waals surface area contributed by atoms with Crippen LogP contribution in [0.1, 0.15) is 23.0 Å². The third-order valence-electron chi connectivity index (χ3n) is 3.36. The molecule has 0 aliphatic heterocycles. The van der Waals surface area contributed by atoms with E-state index in [2.05, 4.69) is 5.10 Å². The molecule has 130 valence electrons. The molecular formula is C15H15ClF3N3O2. The van der Waals surface area contributed by atoms with Gasteiger partial charge < -0.3 is 10.0 Å². The van der Waals surface area contributed by atoms with E-state index in [1.54, 1.807) is 6.92 Å². The lowest BCUT2D eigenvalue weighted by atomic mass is 10.2. The monoisotopic (exact) mass is 361 g/mol. The lowest BCUT2D eigenvalue weighted by Gasteiger charge is -2.20. The number of rotatable bonds is 5. The molecule has 1 heterocycles. The van der Waals surface area contributed by atoms with Crippen molar-refractivity contribution in [3.63, 3.8) is 0 Å². The first-order chi connectivity index (χ1) is 11.3. The zero-order valence-corrected chi connectivity index (χ0v) is 13.5. The van der Waals surface area contributed by atoms with Crippen molar-refractivity contribution in [1.82, 2.24) is 14.7 Å². The van der Waals surface area contributed by atoms with E-state index < -0.39 is 23.3 Å². The molecule has 0 aliphatic carbocycles. The van der Waals surface area contributed by atoms with Gasteiger partial charge in [-0.25, -0.2) is 4.68 Å². The molecule has 0 saturated heterocycles. The molecule has 24 heavy (non-hydrogen) atoms. The van der Waals surface area contributed by atoms with Crippen molar-refractivity contribution < 1.29 is 23.1 Å². The van der Waals surface area contributed by atoms with Crippen molar-refractivity contribution >= 4 is 17.5 Å². The summed E-state index contributed by atoms with van der Waals surface area (Å²) in [4.78, 5) is 13.5. The number of halogens is 4. The van der Waals surface area contributed by atoms with E-state index in [-0.39, 0.29) is 30.4 Å². The van der Waals surface area contributed by atoms with Gasteiger partial charge in [-0.15, -0.1) is 0 Å². The molecule has 0 bridgehead atoms. The Bertz CT molecular complexity index is 731. The van der Waals surface area contributed by atoms with Crippen molar-refractivity contribution in [3.8, 4) is 5.69 Å². The summed E-state index contributed by atoms with van der Waals surface area (Å²) in [6.45, 7) is 1.37. The Hall–Kier alpha value is -2.06. The van der Waals surface area contributed by atoms with Crippen LogP contribution in [0.5, 0.6) is 0 Å². The Morgan fingerprint density at radius 1 is 1.42 bits per heavy atom. The van der Waals surface area contributed by atoms with Crippen molar-refractivity contribution in [2.75, 3.05) is 19.7 Å². The van der Waals surface area contributed by atoms with Gasteiger partial charge in [0.2, 0.25) is 0 Å². The fraction of sp³-hybridized carbons (Fsp3) is 0.333. The van der Waals surface area contributed by atoms with Crippen LogP contribution in [0.3, 0.4) is 0 Å². The summed E-state index contributed by atoms with van der Waals surface area (Å²) in [6.07, 6.45) is -3.91. The van der Waals surface area contributed by atoms with Gasteiger partial charge in [-0.05, 0) is 25.1 Å². The van der Waals surface area contributed by atoms with E-state index in [0.29, 0.717) is 4.68 Å². The Morgan fingerprint density at radius 2 is 2.12 bits per heavy atom. The van der Waals surface area contributed by atoms with E-state index in [1.807, 2.05) is 0 Å². The number of carbonyl (C=O) groups is 1. The quantitative estimate of drug-likeness (QED) is 0.890. The van der Waals surface area contributed by atoms with Gasteiger partial charge >= 0.3 is 6.18 Å². The highest BCUT2D eigenvalue weighted by Crippen LogP contribution is 2.34. The summed E-state index contributed by atoms with van der Waals surface area (Å²) in [5.41, 5.74) is -1.65. The predicted molar refractivity (Wildman–Crippen MR) is 82.2 cm³/mol. The van der Waals surface area contributed by atoms with Gasteiger partial charge in [0.15, 0.2) is 5.69 Å². The average Bonchev–Trinajstić information content (AvgIpc) is 2.97. The minimum absolute atomic E-state index is 0.0605. The summed E-state index contributed by atoms with van der Waals surface area (Å²) >= 11 is 5.82. The molecule has 5 nitrogen and oxygen atoms in total. The molecule has 0 radical (unpaired) electrons. The largest absolute Gasteiger partial charge is 0.434 e. The number of aromatic nitrogens is 2. The second-order valence-electron chi connectivity index (χ2n) is 4.90. The fourth-order valence-electron chi connectivity index (χ4n) is 2.28. The number of alkyl halides is 3. The molecule has 0 unspecified atom stereocenters. The average molecular weight is 362 g/mol. The first-order valence-corrected chi connectivity index (χ1v) is 7.48. The number of likely N-dealkylation sites (N-methyl/N-ethyl adjacent to an activating group) is 1. The molecule has 2 aromatic rings. The second kappa shape index (κ2) is 7.23. The van der Waals surface area contributed by atoms with Crippen LogP contribution in [-0.4, -0.2) is 45.4 Å². The van der Waals surface area contributed by atoms with Crippen LogP contribution in [0.25, 0.3) is 5.69 Å². The van der Waals surface area contributed by atoms with E-state index in [0.717, 1.165) is 11.1 Å². The zero-order chi connectivity index (χ0) is 17.9. The topological polar surface area (TPSA) is 58.4 Å². The number of nitrogens with zero attached hydrogens (tertiary/aromatic N) is 3. The summed E-state index contributed by atoms with van der Waals surface area (Å²) in [5, 5.41) is 12.9. The number of hydrogen-bond donors (Lipinski definition) is 1. The molecule has 1 N–H and O–H groups in total. The Balaban J connectivity index is 2.57. The Labute approximate surface area is 141 Å². The number of aliphatic hydroxyl groups is 1. The molecule has 2 rings (SSSR count). The lowest BCUT2D eigenvalue weighted by molar-refractivity contribution is -0.143. The van der Waals surface area contributed by atoms with Crippen LogP contribution in [0.4, 0.5) is 13.2 Å². The van der Waals surface area contributed by atoms with Crippen LogP contribution in [0.2, 0.25) is 5.02 Å². The maximum absolute atomic E-state index is 13.5. The predicted octanol–water partition coefficient (Wildman–Crippen LogP) is 3.00. The molecule has 1 aromatic heterocycles. The molecule has 0 atom stereocenters. The summed E-state index contributed by atoms with van der Waals surface area (Å²) in [7, 11) is 0. The van der Waals surface area contributed by atoms with Crippen LogP contribution in [0, 0.1) is 0 Å². The van der Waals surface area contributed by atoms with Crippen LogP contribution in [0.15, 0.2) is 30.5 Å². The summed E-state index contributed by atoms with van der Waals surface area (Å²) < 4.78 is 41.2. The number of benzene rings is 1. The van der Waals surface area contributed by atoms with Gasteiger partial charge in [0, 0.05) is 18.1 Å². The van der Waals surface area contributed by atoms with Gasteiger partial charge in [-0.1, -0.05) is 17.7 Å². The highest BCUT2D eigenvalue weighted by Gasteiger charge is 2.41. The molecule has 1 aromatic carbocycles. The number of amides is 1. The maximum atomic E-state index is 13.5. The minimum atomic E-state index is -4.79. The van der Waals surface area contributed by atoms with E-state index >= 15 is 0 Å². The SMILES string of the molecule is CCN(CCO)C(=O)c1cnn(-c2cccc(Cl)c2)c1C(F)(F)F. The third-order valence-corrected chi connectivity index (χ3v) is 3.59. The van der Waals surface area contributed by atoms with Crippen molar-refractivity contribution in [2.24, 2.45) is 0 Å². The van der Waals surface area contributed by atoms with E-state index in [1.165, 1.54) is 24.3 Å². The molecule has 9 heteroatoms. The van der Waals surface area contributed by atoms with Crippen LogP contribution < -0.4 is 0 Å². The molecule has 1 amide bonds. The van der Waals surface area contributed by atoms with Crippen molar-refractivity contribution in [2.45, 2.75) is 13.1 Å². The number of carbonyl (C=O) groups excluding carboxylic acids is 1. The molecule has 0 saturated carbocycles. The number of aliphatic hydroxyl groups excluding tert-OH is 1. The van der Waals surface area contributed by atoms with Crippen LogP contribution >= 0.6 is 11.6 Å². The van der Waals surface area contributed by atoms with E-state index in [4.69, 9.17) is 16.7 Å². The van der Waals surface area contributed by atoms with Gasteiger partial charge in [0.1, 0.15) is 0 Å². The molecule has 0 spiro atoms. The first-order valence-electron chi connectivity index (χ1n) is 7.10. The van der Waals surface area contributed by atoms with Gasteiger partial charge in [-0.2, -0.15) is 18.3 Å². The minimum Gasteiger partial charge on any atom is -0.395 e. The Morgan fingerprint density at radius 3 is 2.67 bits per heavy atom. The Kier molecular flexibility index (Phi) is 5.51. The highest BCUT2D eigenvalue weighted by atomic mass is 35.5. The fourth-order valence-corrected chi connectivity index (χ4v) is 2.46. The van der Waals surface area contributed by atoms with E-state index in [9.17, 15) is 18.0 Å². The molecule has 0 fully saturated rings. The zero-order valence-electron chi connectivity index (χ0n) is 12.7. The highest BCUT2D eigenvalue weighted by molar-refractivity contribution is 6.30. The third kappa shape index (κ3) is 3.70. The molecule has 0 aliphatic rings. The number of hydrogen-bond acceptors (Lipinski definition) is 3. The van der Waals surface area contributed by atoms with Gasteiger partial charge in [0.05, 0.1) is 24.1 Å². The van der Waals surface area contributed by atoms with Gasteiger partial charge in [-0.3, -0.25) is 4.79 Å². The standard InChI is InChI=1S/C15H15ClF3N3O2/c1-2-21(6-7-23)14(24)12-9-20-22(13(12)15(17,18)19)11-5-3-4-10(16)8-11/h3-5,8-9,23H,2,6-7H2,1H3. The first kappa shape index (κ1) is 18.3.